The molecule has 0 aliphatic carbocycles. The highest BCUT2D eigenvalue weighted by Gasteiger charge is 2.37. The lowest BCUT2D eigenvalue weighted by molar-refractivity contribution is -0.147. The van der Waals surface area contributed by atoms with Crippen molar-refractivity contribution in [3.05, 3.63) is 69.7 Å². The Kier molecular flexibility index (Phi) is 6.51. The quantitative estimate of drug-likeness (QED) is 0.557. The van der Waals surface area contributed by atoms with E-state index in [1.54, 1.807) is 30.3 Å². The number of nitrogens with one attached hydrogen (secondary N) is 1. The fourth-order valence-electron chi connectivity index (χ4n) is 2.79. The second-order valence-electron chi connectivity index (χ2n) is 6.37. The van der Waals surface area contributed by atoms with Crippen LogP contribution in [0, 0.1) is 5.92 Å². The van der Waals surface area contributed by atoms with Gasteiger partial charge in [-0.2, -0.15) is 0 Å². The molecule has 1 saturated heterocycles. The second kappa shape index (κ2) is 9.07. The third-order valence-electron chi connectivity index (χ3n) is 4.31. The van der Waals surface area contributed by atoms with Crippen molar-refractivity contribution in [2.24, 2.45) is 5.92 Å². The van der Waals surface area contributed by atoms with E-state index in [4.69, 9.17) is 27.9 Å². The van der Waals surface area contributed by atoms with Crippen LogP contribution in [0.1, 0.15) is 27.1 Å². The van der Waals surface area contributed by atoms with Crippen molar-refractivity contribution in [1.82, 2.24) is 10.4 Å². The average molecular weight is 435 g/mol. The molecule has 2 aromatic rings. The van der Waals surface area contributed by atoms with Gasteiger partial charge < -0.3 is 4.74 Å². The number of Topliss-reactive ketones (excluding diaryl/α,β-unsaturated/α-hetero) is 1. The minimum absolute atomic E-state index is 0.0614. The first-order valence-corrected chi connectivity index (χ1v) is 9.42. The molecule has 2 amide bonds. The van der Waals surface area contributed by atoms with E-state index in [0.717, 1.165) is 5.01 Å². The van der Waals surface area contributed by atoms with Gasteiger partial charge in [-0.25, -0.2) is 0 Å². The SMILES string of the molecule is O=C(COC(=O)[C@H]1CC(=O)N(NC(=O)c2ccc(Cl)cc2Cl)C1)c1ccccc1. The molecule has 0 unspecified atom stereocenters. The maximum atomic E-state index is 12.3. The van der Waals surface area contributed by atoms with Crippen LogP contribution in [-0.4, -0.2) is 41.7 Å². The predicted octanol–water partition coefficient (Wildman–Crippen LogP) is 2.91. The molecular formula is C20H16Cl2N2O5. The third-order valence-corrected chi connectivity index (χ3v) is 4.86. The number of esters is 1. The summed E-state index contributed by atoms with van der Waals surface area (Å²) >= 11 is 11.8. The number of carbonyl (C=O) groups is 4. The molecule has 0 saturated carbocycles. The number of amides is 2. The zero-order valence-electron chi connectivity index (χ0n) is 15.1. The molecule has 1 fully saturated rings. The van der Waals surface area contributed by atoms with Gasteiger partial charge in [0.05, 0.1) is 23.0 Å². The van der Waals surface area contributed by atoms with Crippen molar-refractivity contribution in [3.8, 4) is 0 Å². The predicted molar refractivity (Wildman–Crippen MR) is 105 cm³/mol. The van der Waals surface area contributed by atoms with Gasteiger partial charge in [0, 0.05) is 17.0 Å². The highest BCUT2D eigenvalue weighted by molar-refractivity contribution is 6.36. The first-order chi connectivity index (χ1) is 13.8. The Morgan fingerprint density at radius 2 is 1.83 bits per heavy atom. The van der Waals surface area contributed by atoms with Gasteiger partial charge >= 0.3 is 5.97 Å². The number of hydrazine groups is 1. The Hall–Kier alpha value is -2.90. The van der Waals surface area contributed by atoms with E-state index in [2.05, 4.69) is 5.43 Å². The van der Waals surface area contributed by atoms with Crippen LogP contribution in [0.15, 0.2) is 48.5 Å². The molecule has 0 radical (unpaired) electrons. The second-order valence-corrected chi connectivity index (χ2v) is 7.21. The lowest BCUT2D eigenvalue weighted by Crippen LogP contribution is -2.43. The van der Waals surface area contributed by atoms with Crippen LogP contribution in [0.25, 0.3) is 0 Å². The summed E-state index contributed by atoms with van der Waals surface area (Å²) in [7, 11) is 0. The molecule has 1 aliphatic heterocycles. The average Bonchev–Trinajstić information content (AvgIpc) is 3.06. The minimum Gasteiger partial charge on any atom is -0.457 e. The summed E-state index contributed by atoms with van der Waals surface area (Å²) < 4.78 is 5.04. The lowest BCUT2D eigenvalue weighted by Gasteiger charge is -2.18. The molecule has 1 aliphatic rings. The van der Waals surface area contributed by atoms with Crippen molar-refractivity contribution in [1.29, 1.82) is 0 Å². The molecule has 29 heavy (non-hydrogen) atoms. The molecule has 2 aromatic carbocycles. The molecule has 1 heterocycles. The van der Waals surface area contributed by atoms with E-state index in [-0.39, 0.29) is 29.3 Å². The fraction of sp³-hybridized carbons (Fsp3) is 0.200. The molecular weight excluding hydrogens is 419 g/mol. The molecule has 150 valence electrons. The zero-order valence-corrected chi connectivity index (χ0v) is 16.6. The van der Waals surface area contributed by atoms with E-state index in [9.17, 15) is 19.2 Å². The molecule has 0 aromatic heterocycles. The van der Waals surface area contributed by atoms with Crippen molar-refractivity contribution in [2.75, 3.05) is 13.2 Å². The minimum atomic E-state index is -0.785. The maximum Gasteiger partial charge on any atom is 0.311 e. The van der Waals surface area contributed by atoms with E-state index < -0.39 is 30.3 Å². The molecule has 9 heteroatoms. The summed E-state index contributed by atoms with van der Waals surface area (Å²) in [4.78, 5) is 48.7. The van der Waals surface area contributed by atoms with Gasteiger partial charge in [-0.05, 0) is 18.2 Å². The molecule has 0 spiro atoms. The summed E-state index contributed by atoms with van der Waals surface area (Å²) in [5.41, 5.74) is 2.99. The Balaban J connectivity index is 1.54. The number of nitrogens with zero attached hydrogens (tertiary/aromatic N) is 1. The van der Waals surface area contributed by atoms with Crippen molar-refractivity contribution < 1.29 is 23.9 Å². The first-order valence-electron chi connectivity index (χ1n) is 8.66. The van der Waals surface area contributed by atoms with E-state index in [1.807, 2.05) is 0 Å². The Morgan fingerprint density at radius 1 is 1.10 bits per heavy atom. The van der Waals surface area contributed by atoms with E-state index in [0.29, 0.717) is 10.6 Å². The number of hydrogen-bond acceptors (Lipinski definition) is 5. The summed E-state index contributed by atoms with van der Waals surface area (Å²) in [6.45, 7) is -0.478. The molecule has 1 N–H and O–H groups in total. The molecule has 7 nitrogen and oxygen atoms in total. The zero-order chi connectivity index (χ0) is 21.0. The monoisotopic (exact) mass is 434 g/mol. The van der Waals surface area contributed by atoms with Gasteiger partial charge in [0.15, 0.2) is 12.4 Å². The summed E-state index contributed by atoms with van der Waals surface area (Å²) in [5.74, 6) is -2.85. The van der Waals surface area contributed by atoms with Crippen LogP contribution in [-0.2, 0) is 14.3 Å². The largest absolute Gasteiger partial charge is 0.457 e. The van der Waals surface area contributed by atoms with Gasteiger partial charge in [0.2, 0.25) is 5.91 Å². The standard InChI is InChI=1S/C20H16Cl2N2O5/c21-14-6-7-15(16(22)9-14)19(27)23-24-10-13(8-18(24)26)20(28)29-11-17(25)12-4-2-1-3-5-12/h1-7,9,13H,8,10-11H2,(H,23,27)/t13-/m0/s1. The van der Waals surface area contributed by atoms with Gasteiger partial charge in [-0.1, -0.05) is 53.5 Å². The normalized spacial score (nSPS) is 15.9. The van der Waals surface area contributed by atoms with Gasteiger partial charge in [-0.3, -0.25) is 29.6 Å². The van der Waals surface area contributed by atoms with Crippen LogP contribution in [0.2, 0.25) is 10.0 Å². The maximum absolute atomic E-state index is 12.3. The van der Waals surface area contributed by atoms with E-state index >= 15 is 0 Å². The number of benzene rings is 2. The van der Waals surface area contributed by atoms with Crippen LogP contribution < -0.4 is 5.43 Å². The molecule has 0 bridgehead atoms. The highest BCUT2D eigenvalue weighted by Crippen LogP contribution is 2.22. The Bertz CT molecular complexity index is 965. The molecule has 3 rings (SSSR count). The van der Waals surface area contributed by atoms with Crippen molar-refractivity contribution in [2.45, 2.75) is 6.42 Å². The summed E-state index contributed by atoms with van der Waals surface area (Å²) in [6, 6.07) is 12.8. The Morgan fingerprint density at radius 3 is 2.52 bits per heavy atom. The summed E-state index contributed by atoms with van der Waals surface area (Å²) in [6.07, 6.45) is -0.132. The molecule has 1 atom stereocenters. The van der Waals surface area contributed by atoms with Gasteiger partial charge in [0.25, 0.3) is 5.91 Å². The lowest BCUT2D eigenvalue weighted by atomic mass is 10.1. The fourth-order valence-corrected chi connectivity index (χ4v) is 3.29. The van der Waals surface area contributed by atoms with Crippen LogP contribution in [0.3, 0.4) is 0 Å². The highest BCUT2D eigenvalue weighted by atomic mass is 35.5. The number of carbonyl (C=O) groups excluding carboxylic acids is 4. The number of rotatable bonds is 6. The topological polar surface area (TPSA) is 92.8 Å². The van der Waals surface area contributed by atoms with Crippen molar-refractivity contribution in [3.63, 3.8) is 0 Å². The van der Waals surface area contributed by atoms with Crippen LogP contribution in [0.4, 0.5) is 0 Å². The van der Waals surface area contributed by atoms with E-state index in [1.165, 1.54) is 18.2 Å². The van der Waals surface area contributed by atoms with Crippen LogP contribution >= 0.6 is 23.2 Å². The van der Waals surface area contributed by atoms with Gasteiger partial charge in [-0.15, -0.1) is 0 Å². The number of hydrogen-bond donors (Lipinski definition) is 1. The Labute approximate surface area is 176 Å². The van der Waals surface area contributed by atoms with Gasteiger partial charge in [0.1, 0.15) is 0 Å². The number of ether oxygens (including phenoxy) is 1. The summed E-state index contributed by atoms with van der Waals surface area (Å²) in [5, 5.41) is 1.55. The van der Waals surface area contributed by atoms with Crippen molar-refractivity contribution >= 4 is 46.8 Å². The van der Waals surface area contributed by atoms with Crippen LogP contribution in [0.5, 0.6) is 0 Å². The smallest absolute Gasteiger partial charge is 0.311 e. The number of halogens is 2. The number of ketones is 1. The first kappa shape index (κ1) is 20.8. The third kappa shape index (κ3) is 5.13.